The molecule has 192 valence electrons. The minimum absolute atomic E-state index is 0.420. The lowest BCUT2D eigenvalue weighted by atomic mass is 9.85. The Morgan fingerprint density at radius 1 is 0.763 bits per heavy atom. The number of nitrogens with zero attached hydrogens (tertiary/aromatic N) is 3. The normalized spacial score (nSPS) is 12.1. The van der Waals surface area contributed by atoms with Gasteiger partial charge in [0.25, 0.3) is 0 Å². The number of pyridine rings is 2. The Bertz CT molecular complexity index is 1740. The molecule has 1 atom stereocenters. The zero-order valence-electron chi connectivity index (χ0n) is 23.6. The van der Waals surface area contributed by atoms with Crippen LogP contribution in [0.4, 0.5) is 0 Å². The number of aryl methyl sites for hydroxylation is 3. The van der Waals surface area contributed by atoms with E-state index in [1.807, 2.05) is 32.3 Å². The highest BCUT2D eigenvalue weighted by atomic mass is 15.0. The van der Waals surface area contributed by atoms with Crippen molar-refractivity contribution in [3.63, 3.8) is 0 Å². The minimum atomic E-state index is 0.420. The standard InChI is InChI=1S/C33H31N3.C2H6/c1-6-20(2)25-18-23(5)30(27-12-7-8-15-34-27)31-26-19-24(29-21(3)10-9-11-22(29)4)13-14-28(26)36-17-16-35-33(36)32(25)31;1-2/h7-20H,6H2,1-5H3;1-2H3. The van der Waals surface area contributed by atoms with Crippen LogP contribution < -0.4 is 0 Å². The highest BCUT2D eigenvalue weighted by molar-refractivity contribution is 6.20. The summed E-state index contributed by atoms with van der Waals surface area (Å²) in [5.41, 5.74) is 12.2. The Balaban J connectivity index is 0.00000144. The fourth-order valence-corrected chi connectivity index (χ4v) is 5.86. The number of fused-ring (bicyclic) bond motifs is 6. The summed E-state index contributed by atoms with van der Waals surface area (Å²) in [5, 5.41) is 3.74. The summed E-state index contributed by atoms with van der Waals surface area (Å²) in [5.74, 6) is 0.420. The molecule has 0 aliphatic carbocycles. The van der Waals surface area contributed by atoms with E-state index in [0.29, 0.717) is 5.92 Å². The molecule has 6 aromatic rings. The zero-order valence-corrected chi connectivity index (χ0v) is 23.6. The summed E-state index contributed by atoms with van der Waals surface area (Å²) in [6.45, 7) is 15.2. The van der Waals surface area contributed by atoms with Crippen LogP contribution in [0.5, 0.6) is 0 Å². The quantitative estimate of drug-likeness (QED) is 0.226. The molecule has 0 radical (unpaired) electrons. The highest BCUT2D eigenvalue weighted by Gasteiger charge is 2.22. The molecule has 3 aromatic heterocycles. The van der Waals surface area contributed by atoms with Gasteiger partial charge in [0.05, 0.1) is 11.2 Å². The van der Waals surface area contributed by atoms with Crippen LogP contribution in [0.25, 0.3) is 49.7 Å². The van der Waals surface area contributed by atoms with E-state index in [2.05, 4.69) is 99.8 Å². The van der Waals surface area contributed by atoms with Gasteiger partial charge in [0.2, 0.25) is 0 Å². The van der Waals surface area contributed by atoms with Crippen molar-refractivity contribution >= 4 is 27.3 Å². The molecule has 0 saturated heterocycles. The van der Waals surface area contributed by atoms with Crippen LogP contribution in [0.1, 0.15) is 62.3 Å². The van der Waals surface area contributed by atoms with Crippen LogP contribution in [0, 0.1) is 20.8 Å². The zero-order chi connectivity index (χ0) is 27.0. The maximum absolute atomic E-state index is 4.89. The first-order valence-corrected chi connectivity index (χ1v) is 13.8. The molecule has 0 aliphatic heterocycles. The molecule has 1 unspecified atom stereocenters. The third-order valence-electron chi connectivity index (χ3n) is 7.78. The Hall–Kier alpha value is -3.98. The van der Waals surface area contributed by atoms with E-state index in [1.54, 1.807) is 0 Å². The van der Waals surface area contributed by atoms with Crippen LogP contribution in [0.3, 0.4) is 0 Å². The Kier molecular flexibility index (Phi) is 7.03. The van der Waals surface area contributed by atoms with Crippen LogP contribution in [-0.2, 0) is 0 Å². The SMILES string of the molecule is CC.CCC(C)c1cc(C)c(-c2ccccn2)c2c3cc(-c4c(C)cccc4C)ccc3n3ccnc3c12. The van der Waals surface area contributed by atoms with Gasteiger partial charge < -0.3 is 0 Å². The van der Waals surface area contributed by atoms with E-state index in [9.17, 15) is 0 Å². The molecular formula is C35H37N3. The lowest BCUT2D eigenvalue weighted by molar-refractivity contribution is 0.739. The fourth-order valence-electron chi connectivity index (χ4n) is 5.86. The summed E-state index contributed by atoms with van der Waals surface area (Å²) in [6.07, 6.45) is 6.98. The average Bonchev–Trinajstić information content (AvgIpc) is 3.44. The van der Waals surface area contributed by atoms with Crippen molar-refractivity contribution in [1.82, 2.24) is 14.4 Å². The van der Waals surface area contributed by atoms with Gasteiger partial charge in [0.15, 0.2) is 0 Å². The van der Waals surface area contributed by atoms with Crippen LogP contribution in [0.15, 0.2) is 79.3 Å². The first-order valence-electron chi connectivity index (χ1n) is 13.8. The lowest BCUT2D eigenvalue weighted by Gasteiger charge is -2.21. The predicted molar refractivity (Wildman–Crippen MR) is 163 cm³/mol. The number of aromatic nitrogens is 3. The molecule has 0 bridgehead atoms. The monoisotopic (exact) mass is 499 g/mol. The lowest BCUT2D eigenvalue weighted by Crippen LogP contribution is -2.02. The second kappa shape index (κ2) is 10.4. The van der Waals surface area contributed by atoms with Gasteiger partial charge >= 0.3 is 0 Å². The number of rotatable bonds is 4. The summed E-state index contributed by atoms with van der Waals surface area (Å²) >= 11 is 0. The molecule has 0 amide bonds. The number of hydrogen-bond donors (Lipinski definition) is 0. The minimum Gasteiger partial charge on any atom is -0.299 e. The summed E-state index contributed by atoms with van der Waals surface area (Å²) in [6, 6.07) is 22.0. The van der Waals surface area contributed by atoms with Crippen molar-refractivity contribution in [2.75, 3.05) is 0 Å². The molecule has 3 nitrogen and oxygen atoms in total. The Morgan fingerprint density at radius 3 is 2.21 bits per heavy atom. The van der Waals surface area contributed by atoms with Gasteiger partial charge in [-0.25, -0.2) is 4.98 Å². The van der Waals surface area contributed by atoms with Crippen LogP contribution in [0.2, 0.25) is 0 Å². The molecule has 0 aliphatic rings. The molecule has 0 N–H and O–H groups in total. The first kappa shape index (κ1) is 25.7. The van der Waals surface area contributed by atoms with Crippen molar-refractivity contribution in [3.05, 3.63) is 102 Å². The van der Waals surface area contributed by atoms with Gasteiger partial charge in [-0.2, -0.15) is 0 Å². The van der Waals surface area contributed by atoms with Crippen molar-refractivity contribution in [1.29, 1.82) is 0 Å². The number of benzene rings is 3. The van der Waals surface area contributed by atoms with Gasteiger partial charge in [-0.3, -0.25) is 9.38 Å². The molecule has 0 saturated carbocycles. The van der Waals surface area contributed by atoms with Crippen molar-refractivity contribution in [3.8, 4) is 22.4 Å². The molecule has 0 fully saturated rings. The predicted octanol–water partition coefficient (Wildman–Crippen LogP) is 9.83. The van der Waals surface area contributed by atoms with Crippen molar-refractivity contribution in [2.45, 2.75) is 60.8 Å². The van der Waals surface area contributed by atoms with Gasteiger partial charge in [-0.15, -0.1) is 0 Å². The van der Waals surface area contributed by atoms with E-state index in [1.165, 1.54) is 60.6 Å². The summed E-state index contributed by atoms with van der Waals surface area (Å²) < 4.78 is 2.26. The third-order valence-corrected chi connectivity index (χ3v) is 7.78. The van der Waals surface area contributed by atoms with E-state index in [4.69, 9.17) is 9.97 Å². The topological polar surface area (TPSA) is 30.2 Å². The molecular weight excluding hydrogens is 462 g/mol. The maximum Gasteiger partial charge on any atom is 0.145 e. The van der Waals surface area contributed by atoms with Gasteiger partial charge in [-0.05, 0) is 90.8 Å². The van der Waals surface area contributed by atoms with Gasteiger partial charge in [0.1, 0.15) is 5.65 Å². The smallest absolute Gasteiger partial charge is 0.145 e. The molecule has 3 heterocycles. The first-order chi connectivity index (χ1) is 18.5. The van der Waals surface area contributed by atoms with Crippen LogP contribution in [-0.4, -0.2) is 14.4 Å². The molecule has 3 aromatic carbocycles. The third kappa shape index (κ3) is 4.07. The highest BCUT2D eigenvalue weighted by Crippen LogP contribution is 2.43. The average molecular weight is 500 g/mol. The molecule has 0 spiro atoms. The Morgan fingerprint density at radius 2 is 1.53 bits per heavy atom. The molecule has 3 heteroatoms. The Labute approximate surface area is 226 Å². The van der Waals surface area contributed by atoms with Gasteiger partial charge in [-0.1, -0.05) is 64.1 Å². The maximum atomic E-state index is 4.89. The van der Waals surface area contributed by atoms with Gasteiger partial charge in [0, 0.05) is 40.3 Å². The van der Waals surface area contributed by atoms with Crippen molar-refractivity contribution < 1.29 is 0 Å². The summed E-state index contributed by atoms with van der Waals surface area (Å²) in [7, 11) is 0. The second-order valence-electron chi connectivity index (χ2n) is 10.1. The van der Waals surface area contributed by atoms with E-state index in [0.717, 1.165) is 17.8 Å². The summed E-state index contributed by atoms with van der Waals surface area (Å²) in [4.78, 5) is 9.70. The number of hydrogen-bond acceptors (Lipinski definition) is 2. The number of imidazole rings is 1. The molecule has 38 heavy (non-hydrogen) atoms. The van der Waals surface area contributed by atoms with Crippen molar-refractivity contribution in [2.24, 2.45) is 0 Å². The largest absolute Gasteiger partial charge is 0.299 e. The van der Waals surface area contributed by atoms with E-state index < -0.39 is 0 Å². The molecule has 6 rings (SSSR count). The second-order valence-corrected chi connectivity index (χ2v) is 10.1. The van der Waals surface area contributed by atoms with E-state index >= 15 is 0 Å². The van der Waals surface area contributed by atoms with E-state index in [-0.39, 0.29) is 0 Å². The van der Waals surface area contributed by atoms with Crippen LogP contribution >= 0.6 is 0 Å². The fraction of sp³-hybridized carbons (Fsp3) is 0.257.